The first-order chi connectivity index (χ1) is 16.5. The maximum atomic E-state index is 9.14. The van der Waals surface area contributed by atoms with Gasteiger partial charge in [-0.25, -0.2) is 0 Å². The highest BCUT2D eigenvalue weighted by Crippen LogP contribution is 2.29. The zero-order chi connectivity index (χ0) is 24.1. The van der Waals surface area contributed by atoms with Crippen LogP contribution in [-0.2, 0) is 11.2 Å². The van der Waals surface area contributed by atoms with E-state index < -0.39 is 0 Å². The van der Waals surface area contributed by atoms with E-state index in [1.54, 1.807) is 26.2 Å². The van der Waals surface area contributed by atoms with Gasteiger partial charge in [-0.3, -0.25) is 0 Å². The summed E-state index contributed by atoms with van der Waals surface area (Å²) in [7, 11) is 3.79. The maximum Gasteiger partial charge on any atom is 0.137 e. The van der Waals surface area contributed by atoms with Gasteiger partial charge < -0.3 is 14.4 Å². The van der Waals surface area contributed by atoms with Crippen molar-refractivity contribution in [2.45, 2.75) is 13.3 Å². The molecule has 0 unspecified atom stereocenters. The molecule has 2 aromatic carbocycles. The topological polar surface area (TPSA) is 69.3 Å². The van der Waals surface area contributed by atoms with E-state index >= 15 is 0 Å². The van der Waals surface area contributed by atoms with E-state index in [-0.39, 0.29) is 5.57 Å². The van der Waals surface area contributed by atoms with Crippen LogP contribution in [0, 0.1) is 22.7 Å². The summed E-state index contributed by atoms with van der Waals surface area (Å²) >= 11 is 0. The van der Waals surface area contributed by atoms with Crippen molar-refractivity contribution >= 4 is 23.9 Å². The van der Waals surface area contributed by atoms with Gasteiger partial charge in [-0.1, -0.05) is 36.4 Å². The van der Waals surface area contributed by atoms with Crippen molar-refractivity contribution < 1.29 is 9.47 Å². The molecule has 4 rings (SSSR count). The number of allylic oxidation sites excluding steroid dienone is 6. The van der Waals surface area contributed by atoms with E-state index in [0.717, 1.165) is 29.8 Å². The van der Waals surface area contributed by atoms with Crippen LogP contribution in [0.3, 0.4) is 0 Å². The van der Waals surface area contributed by atoms with Crippen LogP contribution < -0.4 is 9.64 Å². The van der Waals surface area contributed by atoms with Gasteiger partial charge in [0.2, 0.25) is 0 Å². The number of methoxy groups -OCH3 is 1. The van der Waals surface area contributed by atoms with E-state index in [1.807, 2.05) is 42.5 Å². The Bertz CT molecular complexity index is 1340. The molecule has 2 aromatic rings. The van der Waals surface area contributed by atoms with Crippen LogP contribution in [0.1, 0.15) is 29.2 Å². The molecule has 2 heterocycles. The minimum Gasteiger partial charge on any atom is -0.496 e. The van der Waals surface area contributed by atoms with E-state index in [2.05, 4.69) is 42.3 Å². The van der Waals surface area contributed by atoms with Crippen LogP contribution >= 0.6 is 0 Å². The Labute approximate surface area is 200 Å². The monoisotopic (exact) mass is 447 g/mol. The summed E-state index contributed by atoms with van der Waals surface area (Å²) < 4.78 is 11.3. The number of nitrogens with zero attached hydrogens (tertiary/aromatic N) is 3. The van der Waals surface area contributed by atoms with Gasteiger partial charge in [0.05, 0.1) is 7.11 Å². The van der Waals surface area contributed by atoms with E-state index in [9.17, 15) is 0 Å². The number of rotatable bonds is 5. The highest BCUT2D eigenvalue weighted by Gasteiger charge is 2.15. The third-order valence-corrected chi connectivity index (χ3v) is 5.83. The summed E-state index contributed by atoms with van der Waals surface area (Å²) in [5.41, 5.74) is 6.40. The molecule has 0 aliphatic carbocycles. The third-order valence-electron chi connectivity index (χ3n) is 5.83. The smallest absolute Gasteiger partial charge is 0.137 e. The molecule has 0 saturated heterocycles. The molecule has 0 aromatic heterocycles. The maximum absolute atomic E-state index is 9.14. The summed E-state index contributed by atoms with van der Waals surface area (Å²) in [5, 5.41) is 18.3. The largest absolute Gasteiger partial charge is 0.496 e. The second-order valence-electron chi connectivity index (χ2n) is 8.19. The lowest BCUT2D eigenvalue weighted by Crippen LogP contribution is -2.12. The Hall–Kier alpha value is -4.48. The number of nitriles is 2. The molecule has 0 spiro atoms. The molecular weight excluding hydrogens is 422 g/mol. The summed E-state index contributed by atoms with van der Waals surface area (Å²) in [4.78, 5) is 2.28. The summed E-state index contributed by atoms with van der Waals surface area (Å²) in [6.45, 7) is 2.86. The highest BCUT2D eigenvalue weighted by molar-refractivity contribution is 5.75. The average Bonchev–Trinajstić information content (AvgIpc) is 3.22. The van der Waals surface area contributed by atoms with E-state index in [1.165, 1.54) is 16.8 Å². The molecule has 0 saturated carbocycles. The Morgan fingerprint density at radius 1 is 1.00 bits per heavy atom. The highest BCUT2D eigenvalue weighted by atomic mass is 16.5. The third kappa shape index (κ3) is 4.95. The number of anilines is 1. The van der Waals surface area contributed by atoms with Gasteiger partial charge >= 0.3 is 0 Å². The van der Waals surface area contributed by atoms with Gasteiger partial charge in [0.25, 0.3) is 0 Å². The molecule has 168 valence electrons. The van der Waals surface area contributed by atoms with Gasteiger partial charge in [-0.2, -0.15) is 10.5 Å². The van der Waals surface area contributed by atoms with Crippen LogP contribution in [0.4, 0.5) is 5.69 Å². The van der Waals surface area contributed by atoms with Crippen LogP contribution in [-0.4, -0.2) is 20.7 Å². The molecule has 5 heteroatoms. The van der Waals surface area contributed by atoms with Crippen molar-refractivity contribution in [3.8, 4) is 17.9 Å². The molecule has 2 aliphatic heterocycles. The number of ether oxygens (including phenoxy) is 2. The van der Waals surface area contributed by atoms with E-state index in [4.69, 9.17) is 20.0 Å². The molecule has 5 nitrogen and oxygen atoms in total. The van der Waals surface area contributed by atoms with Crippen molar-refractivity contribution in [1.29, 1.82) is 10.5 Å². The molecule has 0 N–H and O–H groups in total. The second-order valence-corrected chi connectivity index (χ2v) is 8.19. The normalized spacial score (nSPS) is 14.9. The van der Waals surface area contributed by atoms with Gasteiger partial charge in [0.15, 0.2) is 0 Å². The average molecular weight is 448 g/mol. The zero-order valence-corrected chi connectivity index (χ0v) is 19.5. The summed E-state index contributed by atoms with van der Waals surface area (Å²) in [5.74, 6) is 1.95. The lowest BCUT2D eigenvalue weighted by molar-refractivity contribution is 0.318. The number of benzene rings is 2. The summed E-state index contributed by atoms with van der Waals surface area (Å²) in [6.07, 6.45) is 12.4. The molecule has 0 fully saturated rings. The zero-order valence-electron chi connectivity index (χ0n) is 19.5. The van der Waals surface area contributed by atoms with Crippen LogP contribution in [0.5, 0.6) is 5.75 Å². The van der Waals surface area contributed by atoms with Gasteiger partial charge in [0.1, 0.15) is 35.0 Å². The Kier molecular flexibility index (Phi) is 6.67. The van der Waals surface area contributed by atoms with Gasteiger partial charge in [-0.15, -0.1) is 0 Å². The van der Waals surface area contributed by atoms with Crippen molar-refractivity contribution in [3.05, 3.63) is 99.5 Å². The Morgan fingerprint density at radius 2 is 1.74 bits per heavy atom. The SMILES string of the molecule is COc1cc(/C=C/C2=CC(=C(C#N)C#N)C=C(C)O2)ccc1/C=C/c1ccc2c(c1)CCN2C. The van der Waals surface area contributed by atoms with Crippen molar-refractivity contribution in [2.24, 2.45) is 0 Å². The fourth-order valence-electron chi connectivity index (χ4n) is 4.06. The Morgan fingerprint density at radius 3 is 2.50 bits per heavy atom. The molecule has 0 amide bonds. The molecular formula is C29H25N3O2. The minimum absolute atomic E-state index is 0.0572. The fourth-order valence-corrected chi connectivity index (χ4v) is 4.06. The van der Waals surface area contributed by atoms with Crippen molar-refractivity contribution in [2.75, 3.05) is 25.6 Å². The molecule has 0 bridgehead atoms. The van der Waals surface area contributed by atoms with Crippen LogP contribution in [0.25, 0.3) is 18.2 Å². The first-order valence-electron chi connectivity index (χ1n) is 11.0. The van der Waals surface area contributed by atoms with Crippen molar-refractivity contribution in [1.82, 2.24) is 0 Å². The van der Waals surface area contributed by atoms with Crippen LogP contribution in [0.15, 0.2) is 77.3 Å². The molecule has 0 atom stereocenters. The Balaban J connectivity index is 1.53. The predicted octanol–water partition coefficient (Wildman–Crippen LogP) is 6.03. The quantitative estimate of drug-likeness (QED) is 0.413. The standard InChI is InChI=1S/C29H25N3O2/c1-20-14-25(26(18-30)19-31)17-27(34-20)10-6-22-5-9-23(29(16-22)33-3)8-4-21-7-11-28-24(15-21)12-13-32(28)2/h4-11,14-17H,12-13H2,1-3H3/b8-4+,10-6+. The number of fused-ring (bicyclic) bond motifs is 1. The van der Waals surface area contributed by atoms with Gasteiger partial charge in [0, 0.05) is 30.4 Å². The first kappa shape index (κ1) is 22.7. The molecule has 34 heavy (non-hydrogen) atoms. The van der Waals surface area contributed by atoms with Gasteiger partial charge in [-0.05, 0) is 66.5 Å². The minimum atomic E-state index is 0.0572. The van der Waals surface area contributed by atoms with Crippen molar-refractivity contribution in [3.63, 3.8) is 0 Å². The molecule has 0 radical (unpaired) electrons. The van der Waals surface area contributed by atoms with Crippen LogP contribution in [0.2, 0.25) is 0 Å². The first-order valence-corrected chi connectivity index (χ1v) is 11.0. The molecule has 2 aliphatic rings. The fraction of sp³-hybridized carbons (Fsp3) is 0.172. The van der Waals surface area contributed by atoms with E-state index in [0.29, 0.717) is 17.1 Å². The predicted molar refractivity (Wildman–Crippen MR) is 136 cm³/mol. The summed E-state index contributed by atoms with van der Waals surface area (Å²) in [6, 6.07) is 16.4. The second kappa shape index (κ2) is 9.98. The number of likely N-dealkylation sites (N-methyl/N-ethyl adjacent to an activating group) is 1. The lowest BCUT2D eigenvalue weighted by Gasteiger charge is -2.13. The number of hydrogen-bond acceptors (Lipinski definition) is 5. The lowest BCUT2D eigenvalue weighted by atomic mass is 10.0. The number of hydrogen-bond donors (Lipinski definition) is 0.